The first-order chi connectivity index (χ1) is 11.6. The van der Waals surface area contributed by atoms with E-state index in [0.717, 1.165) is 12.0 Å². The van der Waals surface area contributed by atoms with Gasteiger partial charge in [0.1, 0.15) is 0 Å². The number of aryl methyl sites for hydroxylation is 2. The van der Waals surface area contributed by atoms with Gasteiger partial charge in [-0.05, 0) is 60.6 Å². The standard InChI is InChI=1S/C21H21NO2/c1-12-6-7-13(2)19-18(12)16-4-3-5-17(16)20(22-19)14-8-10-15(11-9-14)21(23)24/h3-4,6-11,16-17,20,22H,5H2,1-2H3,(H,23,24)/t16-,17-,20-/m1/s1. The minimum Gasteiger partial charge on any atom is -0.478 e. The summed E-state index contributed by atoms with van der Waals surface area (Å²) < 4.78 is 0. The molecule has 0 amide bonds. The fourth-order valence-corrected chi connectivity index (χ4v) is 4.21. The molecule has 2 aromatic carbocycles. The third kappa shape index (κ3) is 2.23. The minimum atomic E-state index is -0.879. The molecule has 0 spiro atoms. The maximum Gasteiger partial charge on any atom is 0.335 e. The number of allylic oxidation sites excluding steroid dienone is 2. The molecule has 1 aliphatic heterocycles. The van der Waals surface area contributed by atoms with E-state index in [-0.39, 0.29) is 6.04 Å². The number of carboxylic acid groups (broad SMARTS) is 1. The van der Waals surface area contributed by atoms with Crippen LogP contribution in [0.3, 0.4) is 0 Å². The second-order valence-electron chi connectivity index (χ2n) is 6.89. The van der Waals surface area contributed by atoms with Gasteiger partial charge in [-0.25, -0.2) is 4.79 Å². The van der Waals surface area contributed by atoms with Crippen molar-refractivity contribution >= 4 is 11.7 Å². The van der Waals surface area contributed by atoms with Crippen LogP contribution in [0.2, 0.25) is 0 Å². The van der Waals surface area contributed by atoms with Gasteiger partial charge in [-0.3, -0.25) is 0 Å². The first kappa shape index (κ1) is 15.0. The van der Waals surface area contributed by atoms with Crippen molar-refractivity contribution in [3.05, 3.63) is 76.4 Å². The number of aromatic carboxylic acids is 1. The number of fused-ring (bicyclic) bond motifs is 3. The summed E-state index contributed by atoms with van der Waals surface area (Å²) >= 11 is 0. The van der Waals surface area contributed by atoms with Crippen LogP contribution in [0.5, 0.6) is 0 Å². The van der Waals surface area contributed by atoms with Gasteiger partial charge in [-0.1, -0.05) is 36.4 Å². The fourth-order valence-electron chi connectivity index (χ4n) is 4.21. The molecule has 0 radical (unpaired) electrons. The lowest BCUT2D eigenvalue weighted by molar-refractivity contribution is 0.0697. The minimum absolute atomic E-state index is 0.209. The third-order valence-electron chi connectivity index (χ3n) is 5.46. The molecule has 3 atom stereocenters. The molecule has 4 rings (SSSR count). The molecule has 122 valence electrons. The summed E-state index contributed by atoms with van der Waals surface area (Å²) in [6.45, 7) is 4.33. The van der Waals surface area contributed by atoms with Gasteiger partial charge in [0.15, 0.2) is 0 Å². The average molecular weight is 319 g/mol. The molecule has 1 heterocycles. The second kappa shape index (κ2) is 5.52. The molecule has 0 bridgehead atoms. The summed E-state index contributed by atoms with van der Waals surface area (Å²) in [4.78, 5) is 11.1. The van der Waals surface area contributed by atoms with Gasteiger partial charge in [0.2, 0.25) is 0 Å². The molecular formula is C21H21NO2. The maximum absolute atomic E-state index is 11.1. The van der Waals surface area contributed by atoms with Crippen LogP contribution in [0, 0.1) is 19.8 Å². The van der Waals surface area contributed by atoms with E-state index in [9.17, 15) is 4.79 Å². The van der Waals surface area contributed by atoms with Crippen LogP contribution < -0.4 is 5.32 Å². The molecular weight excluding hydrogens is 298 g/mol. The predicted molar refractivity (Wildman–Crippen MR) is 95.7 cm³/mol. The van der Waals surface area contributed by atoms with Crippen LogP contribution in [0.25, 0.3) is 0 Å². The van der Waals surface area contributed by atoms with Crippen molar-refractivity contribution < 1.29 is 9.90 Å². The Morgan fingerprint density at radius 3 is 2.50 bits per heavy atom. The predicted octanol–water partition coefficient (Wildman–Crippen LogP) is 4.83. The third-order valence-corrected chi connectivity index (χ3v) is 5.46. The molecule has 2 aromatic rings. The van der Waals surface area contributed by atoms with Crippen LogP contribution in [-0.4, -0.2) is 11.1 Å². The van der Waals surface area contributed by atoms with E-state index in [1.807, 2.05) is 12.1 Å². The molecule has 0 unspecified atom stereocenters. The highest BCUT2D eigenvalue weighted by Crippen LogP contribution is 2.51. The molecule has 24 heavy (non-hydrogen) atoms. The Hall–Kier alpha value is -2.55. The smallest absolute Gasteiger partial charge is 0.335 e. The van der Waals surface area contributed by atoms with Crippen molar-refractivity contribution in [2.45, 2.75) is 32.2 Å². The van der Waals surface area contributed by atoms with Crippen LogP contribution in [-0.2, 0) is 0 Å². The van der Waals surface area contributed by atoms with E-state index in [1.165, 1.54) is 22.4 Å². The van der Waals surface area contributed by atoms with Gasteiger partial charge in [-0.15, -0.1) is 0 Å². The normalized spacial score (nSPS) is 24.2. The van der Waals surface area contributed by atoms with Crippen LogP contribution in [0.4, 0.5) is 5.69 Å². The Morgan fingerprint density at radius 1 is 1.08 bits per heavy atom. The van der Waals surface area contributed by atoms with Crippen LogP contribution >= 0.6 is 0 Å². The zero-order valence-electron chi connectivity index (χ0n) is 13.9. The first-order valence-electron chi connectivity index (χ1n) is 8.43. The van der Waals surface area contributed by atoms with Crippen LogP contribution in [0.15, 0.2) is 48.6 Å². The monoisotopic (exact) mass is 319 g/mol. The molecule has 3 nitrogen and oxygen atoms in total. The fraction of sp³-hybridized carbons (Fsp3) is 0.286. The second-order valence-corrected chi connectivity index (χ2v) is 6.89. The summed E-state index contributed by atoms with van der Waals surface area (Å²) in [6, 6.07) is 11.9. The highest BCUT2D eigenvalue weighted by Gasteiger charge is 2.39. The highest BCUT2D eigenvalue weighted by molar-refractivity contribution is 5.87. The van der Waals surface area contributed by atoms with Gasteiger partial charge in [0.05, 0.1) is 11.6 Å². The van der Waals surface area contributed by atoms with Gasteiger partial charge in [0, 0.05) is 11.6 Å². The Bertz CT molecular complexity index is 836. The van der Waals surface area contributed by atoms with E-state index >= 15 is 0 Å². The molecule has 2 N–H and O–H groups in total. The Balaban J connectivity index is 1.78. The number of hydrogen-bond donors (Lipinski definition) is 2. The van der Waals surface area contributed by atoms with Crippen molar-refractivity contribution in [1.29, 1.82) is 0 Å². The summed E-state index contributed by atoms with van der Waals surface area (Å²) in [5.74, 6) is 0.0364. The van der Waals surface area contributed by atoms with E-state index in [0.29, 0.717) is 17.4 Å². The number of nitrogens with one attached hydrogen (secondary N) is 1. The lowest BCUT2D eigenvalue weighted by Crippen LogP contribution is -2.30. The largest absolute Gasteiger partial charge is 0.478 e. The van der Waals surface area contributed by atoms with Gasteiger partial charge >= 0.3 is 5.97 Å². The quantitative estimate of drug-likeness (QED) is 0.780. The van der Waals surface area contributed by atoms with Gasteiger partial charge in [-0.2, -0.15) is 0 Å². The zero-order valence-corrected chi connectivity index (χ0v) is 13.9. The first-order valence-corrected chi connectivity index (χ1v) is 8.43. The number of anilines is 1. The number of hydrogen-bond acceptors (Lipinski definition) is 2. The van der Waals surface area contributed by atoms with Crippen molar-refractivity contribution in [2.75, 3.05) is 5.32 Å². The van der Waals surface area contributed by atoms with Crippen LogP contribution in [0.1, 0.15) is 51.0 Å². The SMILES string of the molecule is Cc1ccc(C)c2c1N[C@H](c1ccc(C(=O)O)cc1)[C@@H]1CC=C[C@@H]21. The summed E-state index contributed by atoms with van der Waals surface area (Å²) in [7, 11) is 0. The Labute approximate surface area is 142 Å². The van der Waals surface area contributed by atoms with Gasteiger partial charge in [0.25, 0.3) is 0 Å². The lowest BCUT2D eigenvalue weighted by atomic mass is 9.75. The molecule has 0 fully saturated rings. The van der Waals surface area contributed by atoms with E-state index in [2.05, 4.69) is 43.4 Å². The molecule has 0 saturated carbocycles. The maximum atomic E-state index is 11.1. The Kier molecular flexibility index (Phi) is 3.45. The number of carboxylic acids is 1. The highest BCUT2D eigenvalue weighted by atomic mass is 16.4. The van der Waals surface area contributed by atoms with E-state index in [1.54, 1.807) is 12.1 Å². The summed E-state index contributed by atoms with van der Waals surface area (Å²) in [6.07, 6.45) is 5.68. The average Bonchev–Trinajstić information content (AvgIpc) is 3.07. The molecule has 1 aliphatic carbocycles. The number of benzene rings is 2. The number of carbonyl (C=O) groups is 1. The van der Waals surface area contributed by atoms with E-state index < -0.39 is 5.97 Å². The molecule has 0 saturated heterocycles. The van der Waals surface area contributed by atoms with Crippen molar-refractivity contribution in [3.63, 3.8) is 0 Å². The van der Waals surface area contributed by atoms with Crippen molar-refractivity contribution in [3.8, 4) is 0 Å². The molecule has 3 heteroatoms. The lowest BCUT2D eigenvalue weighted by Gasteiger charge is -2.39. The molecule has 2 aliphatic rings. The number of rotatable bonds is 2. The van der Waals surface area contributed by atoms with Crippen molar-refractivity contribution in [2.24, 2.45) is 5.92 Å². The summed E-state index contributed by atoms with van der Waals surface area (Å²) in [5, 5.41) is 12.9. The Morgan fingerprint density at radius 2 is 1.79 bits per heavy atom. The molecule has 0 aromatic heterocycles. The zero-order chi connectivity index (χ0) is 16.8. The topological polar surface area (TPSA) is 49.3 Å². The van der Waals surface area contributed by atoms with E-state index in [4.69, 9.17) is 5.11 Å². The van der Waals surface area contributed by atoms with Crippen molar-refractivity contribution in [1.82, 2.24) is 0 Å². The summed E-state index contributed by atoms with van der Waals surface area (Å²) in [5.41, 5.74) is 6.77. The van der Waals surface area contributed by atoms with Gasteiger partial charge < -0.3 is 10.4 Å².